The fourth-order valence-corrected chi connectivity index (χ4v) is 5.01. The second-order valence-electron chi connectivity index (χ2n) is 12.0. The molecular weight excluding hydrogens is 512 g/mol. The lowest BCUT2D eigenvalue weighted by atomic mass is 10.0. The first-order chi connectivity index (χ1) is 19.9. The van der Waals surface area contributed by atoms with Crippen LogP contribution in [0.4, 0.5) is 0 Å². The van der Waals surface area contributed by atoms with E-state index in [1.54, 1.807) is 0 Å². The standard InChI is InChI=1S/C18H34O3.C18H36O2/c1-2-3-4-11-14-17(19)15-12-9-7-5-6-8-10-13-16-18(20)21;1-2-3-4-5-6-7-8-9-10-11-12-13-14-15-16-17-18(19)20/h9,12,17,19H,2-8,10-11,13-16H2,1H3,(H,20,21);2-17H2,1H3,(H,19,20)/b12-9-;. The van der Waals surface area contributed by atoms with Gasteiger partial charge in [-0.05, 0) is 38.5 Å². The molecule has 5 heteroatoms. The second-order valence-corrected chi connectivity index (χ2v) is 12.0. The summed E-state index contributed by atoms with van der Waals surface area (Å²) in [4.78, 5) is 20.7. The van der Waals surface area contributed by atoms with E-state index in [1.165, 1.54) is 109 Å². The lowest BCUT2D eigenvalue weighted by molar-refractivity contribution is -0.138. The summed E-state index contributed by atoms with van der Waals surface area (Å²) in [5, 5.41) is 26.8. The minimum atomic E-state index is -0.689. The van der Waals surface area contributed by atoms with E-state index in [0.29, 0.717) is 12.8 Å². The third-order valence-electron chi connectivity index (χ3n) is 7.72. The van der Waals surface area contributed by atoms with Gasteiger partial charge in [-0.25, -0.2) is 0 Å². The molecule has 41 heavy (non-hydrogen) atoms. The Morgan fingerprint density at radius 2 is 0.829 bits per heavy atom. The van der Waals surface area contributed by atoms with E-state index in [0.717, 1.165) is 64.2 Å². The Labute approximate surface area is 255 Å². The molecule has 0 radical (unpaired) electrons. The van der Waals surface area contributed by atoms with E-state index < -0.39 is 11.9 Å². The van der Waals surface area contributed by atoms with Gasteiger partial charge < -0.3 is 15.3 Å². The average molecular weight is 583 g/mol. The van der Waals surface area contributed by atoms with Crippen molar-refractivity contribution >= 4 is 11.9 Å². The molecule has 0 aliphatic heterocycles. The van der Waals surface area contributed by atoms with Gasteiger partial charge in [0.25, 0.3) is 0 Å². The molecule has 0 aliphatic rings. The fraction of sp³-hybridized carbons (Fsp3) is 0.889. The van der Waals surface area contributed by atoms with Gasteiger partial charge in [-0.1, -0.05) is 161 Å². The van der Waals surface area contributed by atoms with Gasteiger partial charge in [-0.15, -0.1) is 0 Å². The molecule has 0 fully saturated rings. The molecule has 0 aromatic heterocycles. The van der Waals surface area contributed by atoms with E-state index in [4.69, 9.17) is 10.2 Å². The van der Waals surface area contributed by atoms with Crippen molar-refractivity contribution in [2.75, 3.05) is 0 Å². The molecule has 244 valence electrons. The van der Waals surface area contributed by atoms with E-state index in [-0.39, 0.29) is 6.10 Å². The number of allylic oxidation sites excluding steroid dienone is 1. The van der Waals surface area contributed by atoms with Crippen molar-refractivity contribution in [3.63, 3.8) is 0 Å². The molecule has 0 saturated carbocycles. The minimum absolute atomic E-state index is 0.172. The molecule has 0 spiro atoms. The Morgan fingerprint density at radius 3 is 1.22 bits per heavy atom. The van der Waals surface area contributed by atoms with Crippen LogP contribution in [-0.2, 0) is 9.59 Å². The zero-order valence-corrected chi connectivity index (χ0v) is 27.4. The summed E-state index contributed by atoms with van der Waals surface area (Å²) >= 11 is 0. The predicted octanol–water partition coefficient (Wildman–Crippen LogP) is 11.4. The Kier molecular flexibility index (Phi) is 37.4. The molecule has 0 rings (SSSR count). The highest BCUT2D eigenvalue weighted by Gasteiger charge is 2.01. The third kappa shape index (κ3) is 43.2. The average Bonchev–Trinajstić information content (AvgIpc) is 2.94. The lowest BCUT2D eigenvalue weighted by Gasteiger charge is -2.07. The third-order valence-corrected chi connectivity index (χ3v) is 7.72. The van der Waals surface area contributed by atoms with Gasteiger partial charge in [-0.3, -0.25) is 9.59 Å². The van der Waals surface area contributed by atoms with E-state index in [9.17, 15) is 14.7 Å². The Balaban J connectivity index is 0. The zero-order chi connectivity index (χ0) is 30.7. The lowest BCUT2D eigenvalue weighted by Crippen LogP contribution is -2.04. The van der Waals surface area contributed by atoms with Gasteiger partial charge in [0.1, 0.15) is 0 Å². The molecule has 0 aliphatic carbocycles. The van der Waals surface area contributed by atoms with Crippen LogP contribution in [0.2, 0.25) is 0 Å². The number of hydrogen-bond donors (Lipinski definition) is 3. The van der Waals surface area contributed by atoms with Crippen LogP contribution in [0.5, 0.6) is 0 Å². The molecule has 0 aromatic rings. The molecule has 0 amide bonds. The zero-order valence-electron chi connectivity index (χ0n) is 27.4. The second kappa shape index (κ2) is 36.7. The normalized spacial score (nSPS) is 11.9. The first-order valence-electron chi connectivity index (χ1n) is 17.7. The van der Waals surface area contributed by atoms with Crippen molar-refractivity contribution in [3.8, 4) is 0 Å². The van der Waals surface area contributed by atoms with Crippen molar-refractivity contribution in [2.45, 2.75) is 206 Å². The summed E-state index contributed by atoms with van der Waals surface area (Å²) in [6.45, 7) is 4.47. The van der Waals surface area contributed by atoms with E-state index >= 15 is 0 Å². The number of carboxylic acid groups (broad SMARTS) is 2. The van der Waals surface area contributed by atoms with Gasteiger partial charge in [0, 0.05) is 12.8 Å². The number of unbranched alkanes of at least 4 members (excludes halogenated alkanes) is 22. The highest BCUT2D eigenvalue weighted by atomic mass is 16.4. The Bertz CT molecular complexity index is 560. The number of hydrogen-bond acceptors (Lipinski definition) is 3. The summed E-state index contributed by atoms with van der Waals surface area (Å²) in [6, 6.07) is 0. The number of aliphatic hydroxyl groups excluding tert-OH is 1. The first-order valence-corrected chi connectivity index (χ1v) is 17.7. The fourth-order valence-electron chi connectivity index (χ4n) is 5.01. The minimum Gasteiger partial charge on any atom is -0.481 e. The summed E-state index contributed by atoms with van der Waals surface area (Å²) in [7, 11) is 0. The summed E-state index contributed by atoms with van der Waals surface area (Å²) in [5.74, 6) is -1.34. The van der Waals surface area contributed by atoms with Crippen molar-refractivity contribution in [1.29, 1.82) is 0 Å². The highest BCUT2D eigenvalue weighted by Crippen LogP contribution is 2.14. The number of rotatable bonds is 31. The summed E-state index contributed by atoms with van der Waals surface area (Å²) in [6.07, 6.45) is 37.6. The van der Waals surface area contributed by atoms with Crippen LogP contribution in [0.15, 0.2) is 12.2 Å². The van der Waals surface area contributed by atoms with Crippen molar-refractivity contribution < 1.29 is 24.9 Å². The molecule has 0 aromatic carbocycles. The maximum Gasteiger partial charge on any atom is 0.303 e. The Morgan fingerprint density at radius 1 is 0.488 bits per heavy atom. The molecule has 5 nitrogen and oxygen atoms in total. The molecule has 1 atom stereocenters. The predicted molar refractivity (Wildman–Crippen MR) is 176 cm³/mol. The van der Waals surface area contributed by atoms with Gasteiger partial charge in [0.15, 0.2) is 0 Å². The summed E-state index contributed by atoms with van der Waals surface area (Å²) < 4.78 is 0. The largest absolute Gasteiger partial charge is 0.481 e. The maximum atomic E-state index is 10.3. The molecule has 1 unspecified atom stereocenters. The van der Waals surface area contributed by atoms with Crippen LogP contribution in [0, 0.1) is 0 Å². The summed E-state index contributed by atoms with van der Waals surface area (Å²) in [5.41, 5.74) is 0. The number of carboxylic acids is 2. The van der Waals surface area contributed by atoms with Crippen LogP contribution < -0.4 is 0 Å². The van der Waals surface area contributed by atoms with Gasteiger partial charge in [-0.2, -0.15) is 0 Å². The van der Waals surface area contributed by atoms with Crippen LogP contribution in [0.1, 0.15) is 200 Å². The maximum absolute atomic E-state index is 10.3. The first kappa shape index (κ1) is 41.8. The van der Waals surface area contributed by atoms with Crippen molar-refractivity contribution in [2.24, 2.45) is 0 Å². The Hall–Kier alpha value is -1.36. The SMILES string of the molecule is CCCCCCC(O)C/C=C\CCCCCCCC(=O)O.CCCCCCCCCCCCCCCCCC(=O)O. The van der Waals surface area contributed by atoms with Crippen molar-refractivity contribution in [1.82, 2.24) is 0 Å². The van der Waals surface area contributed by atoms with Crippen LogP contribution >= 0.6 is 0 Å². The topological polar surface area (TPSA) is 94.8 Å². The molecule has 3 N–H and O–H groups in total. The van der Waals surface area contributed by atoms with Gasteiger partial charge >= 0.3 is 11.9 Å². The van der Waals surface area contributed by atoms with Crippen LogP contribution in [0.3, 0.4) is 0 Å². The number of aliphatic hydroxyl groups is 1. The van der Waals surface area contributed by atoms with Gasteiger partial charge in [0.2, 0.25) is 0 Å². The highest BCUT2D eigenvalue weighted by molar-refractivity contribution is 5.66. The molecule has 0 saturated heterocycles. The van der Waals surface area contributed by atoms with E-state index in [1.807, 2.05) is 0 Å². The molecule has 0 bridgehead atoms. The van der Waals surface area contributed by atoms with Crippen molar-refractivity contribution in [3.05, 3.63) is 12.2 Å². The smallest absolute Gasteiger partial charge is 0.303 e. The quantitative estimate of drug-likeness (QED) is 0.0558. The van der Waals surface area contributed by atoms with Crippen LogP contribution in [0.25, 0.3) is 0 Å². The monoisotopic (exact) mass is 583 g/mol. The number of carbonyl (C=O) groups is 2. The molecular formula is C36H70O5. The number of aliphatic carboxylic acids is 2. The van der Waals surface area contributed by atoms with E-state index in [2.05, 4.69) is 26.0 Å². The van der Waals surface area contributed by atoms with Crippen LogP contribution in [-0.4, -0.2) is 33.4 Å². The van der Waals surface area contributed by atoms with Gasteiger partial charge in [0.05, 0.1) is 6.10 Å². The molecule has 0 heterocycles.